The molecule has 1 N–H and O–H groups in total. The topological polar surface area (TPSA) is 44.2 Å². The zero-order chi connectivity index (χ0) is 12.3. The fraction of sp³-hybridized carbons (Fsp3) is 0.538. The summed E-state index contributed by atoms with van der Waals surface area (Å²) >= 11 is 0. The zero-order valence-electron chi connectivity index (χ0n) is 10.3. The van der Waals surface area contributed by atoms with Crippen LogP contribution < -0.4 is 0 Å². The molecule has 4 heteroatoms. The monoisotopic (exact) mass is 252 g/mol. The standard InChI is InChI=1S/C13H20N2OS/c1-17(14,16)13-7-9-15(10-8-13)11-12-5-3-2-4-6-12/h2-6,13-14H,7-11H2,1H3. The van der Waals surface area contributed by atoms with Gasteiger partial charge in [0.25, 0.3) is 0 Å². The minimum absolute atomic E-state index is 0.0922. The van der Waals surface area contributed by atoms with Crippen molar-refractivity contribution in [2.45, 2.75) is 24.6 Å². The highest BCUT2D eigenvalue weighted by Crippen LogP contribution is 2.19. The Kier molecular flexibility index (Phi) is 3.84. The Morgan fingerprint density at radius 1 is 1.29 bits per heavy atom. The van der Waals surface area contributed by atoms with E-state index in [9.17, 15) is 4.21 Å². The highest BCUT2D eigenvalue weighted by molar-refractivity contribution is 7.92. The molecule has 1 atom stereocenters. The molecule has 1 aliphatic rings. The first-order valence-electron chi connectivity index (χ1n) is 6.04. The number of likely N-dealkylation sites (tertiary alicyclic amines) is 1. The van der Waals surface area contributed by atoms with E-state index >= 15 is 0 Å². The third-order valence-electron chi connectivity index (χ3n) is 3.42. The smallest absolute Gasteiger partial charge is 0.0449 e. The van der Waals surface area contributed by atoms with Gasteiger partial charge in [0.1, 0.15) is 0 Å². The second kappa shape index (κ2) is 5.19. The summed E-state index contributed by atoms with van der Waals surface area (Å²) in [5, 5.41) is 0.0922. The third kappa shape index (κ3) is 3.54. The minimum atomic E-state index is -2.35. The van der Waals surface area contributed by atoms with Crippen LogP contribution in [0.5, 0.6) is 0 Å². The number of nitrogens with zero attached hydrogens (tertiary/aromatic N) is 1. The normalized spacial score (nSPS) is 22.2. The van der Waals surface area contributed by atoms with Crippen molar-refractivity contribution in [1.29, 1.82) is 4.78 Å². The lowest BCUT2D eigenvalue weighted by Gasteiger charge is -2.31. The maximum absolute atomic E-state index is 11.7. The molecule has 1 aromatic carbocycles. The van der Waals surface area contributed by atoms with Gasteiger partial charge in [0.05, 0.1) is 0 Å². The zero-order valence-corrected chi connectivity index (χ0v) is 11.1. The maximum atomic E-state index is 11.7. The third-order valence-corrected chi connectivity index (χ3v) is 5.16. The largest absolute Gasteiger partial charge is 0.299 e. The van der Waals surface area contributed by atoms with Crippen molar-refractivity contribution in [2.24, 2.45) is 0 Å². The van der Waals surface area contributed by atoms with Gasteiger partial charge < -0.3 is 0 Å². The van der Waals surface area contributed by atoms with Crippen LogP contribution in [0.15, 0.2) is 30.3 Å². The molecule has 0 bridgehead atoms. The lowest BCUT2D eigenvalue weighted by molar-refractivity contribution is 0.223. The summed E-state index contributed by atoms with van der Waals surface area (Å²) in [5.41, 5.74) is 1.33. The van der Waals surface area contributed by atoms with Crippen molar-refractivity contribution in [1.82, 2.24) is 4.90 Å². The molecule has 1 unspecified atom stereocenters. The van der Waals surface area contributed by atoms with Crippen LogP contribution in [0.2, 0.25) is 0 Å². The summed E-state index contributed by atoms with van der Waals surface area (Å²) in [4.78, 5) is 2.39. The molecule has 0 spiro atoms. The SMILES string of the molecule is CS(=N)(=O)C1CCN(Cc2ccccc2)CC1. The van der Waals surface area contributed by atoms with E-state index in [1.165, 1.54) is 5.56 Å². The molecule has 3 nitrogen and oxygen atoms in total. The van der Waals surface area contributed by atoms with Crippen LogP contribution in [0.3, 0.4) is 0 Å². The summed E-state index contributed by atoms with van der Waals surface area (Å²) in [7, 11) is -2.35. The van der Waals surface area contributed by atoms with E-state index in [4.69, 9.17) is 4.78 Å². The average molecular weight is 252 g/mol. The fourth-order valence-corrected chi connectivity index (χ4v) is 3.47. The van der Waals surface area contributed by atoms with Gasteiger partial charge in [-0.2, -0.15) is 0 Å². The number of hydrogen-bond acceptors (Lipinski definition) is 3. The van der Waals surface area contributed by atoms with Crippen molar-refractivity contribution < 1.29 is 4.21 Å². The Morgan fingerprint density at radius 3 is 2.41 bits per heavy atom. The van der Waals surface area contributed by atoms with Crippen LogP contribution in [0.4, 0.5) is 0 Å². The average Bonchev–Trinajstić information content (AvgIpc) is 2.30. The van der Waals surface area contributed by atoms with Gasteiger partial charge in [-0.05, 0) is 31.5 Å². The van der Waals surface area contributed by atoms with Crippen LogP contribution in [0, 0.1) is 4.78 Å². The molecule has 0 amide bonds. The van der Waals surface area contributed by atoms with E-state index in [0.29, 0.717) is 0 Å². The molecule has 0 saturated carbocycles. The highest BCUT2D eigenvalue weighted by Gasteiger charge is 2.24. The van der Waals surface area contributed by atoms with E-state index < -0.39 is 9.73 Å². The van der Waals surface area contributed by atoms with E-state index in [-0.39, 0.29) is 5.25 Å². The molecule has 1 aromatic rings. The number of rotatable bonds is 3. The van der Waals surface area contributed by atoms with E-state index in [0.717, 1.165) is 32.5 Å². The Hall–Kier alpha value is -0.870. The summed E-state index contributed by atoms with van der Waals surface area (Å²) in [6.07, 6.45) is 3.36. The second-order valence-electron chi connectivity index (χ2n) is 4.87. The molecule has 1 aliphatic heterocycles. The molecule has 1 heterocycles. The number of nitrogens with one attached hydrogen (secondary N) is 1. The lowest BCUT2D eigenvalue weighted by Crippen LogP contribution is -2.38. The maximum Gasteiger partial charge on any atom is 0.0449 e. The van der Waals surface area contributed by atoms with Crippen molar-refractivity contribution in [3.05, 3.63) is 35.9 Å². The molecular weight excluding hydrogens is 232 g/mol. The van der Waals surface area contributed by atoms with Gasteiger partial charge in [0.2, 0.25) is 0 Å². The van der Waals surface area contributed by atoms with Gasteiger partial charge in [-0.15, -0.1) is 0 Å². The molecule has 94 valence electrons. The highest BCUT2D eigenvalue weighted by atomic mass is 32.2. The van der Waals surface area contributed by atoms with Gasteiger partial charge in [-0.1, -0.05) is 30.3 Å². The van der Waals surface area contributed by atoms with Gasteiger partial charge in [-0.3, -0.25) is 9.68 Å². The second-order valence-corrected chi connectivity index (χ2v) is 7.34. The van der Waals surface area contributed by atoms with E-state index in [1.54, 1.807) is 6.26 Å². The van der Waals surface area contributed by atoms with E-state index in [2.05, 4.69) is 29.2 Å². The Bertz CT molecular complexity index is 448. The van der Waals surface area contributed by atoms with E-state index in [1.807, 2.05) is 6.07 Å². The van der Waals surface area contributed by atoms with Crippen molar-refractivity contribution in [3.8, 4) is 0 Å². The fourth-order valence-electron chi connectivity index (χ4n) is 2.36. The number of piperidine rings is 1. The molecular formula is C13H20N2OS. The molecule has 0 aromatic heterocycles. The lowest BCUT2D eigenvalue weighted by atomic mass is 10.1. The van der Waals surface area contributed by atoms with Crippen LogP contribution in [-0.2, 0) is 16.3 Å². The Morgan fingerprint density at radius 2 is 1.88 bits per heavy atom. The predicted octanol–water partition coefficient (Wildman–Crippen LogP) is 2.33. The summed E-state index contributed by atoms with van der Waals surface area (Å²) in [6.45, 7) is 2.89. The van der Waals surface area contributed by atoms with Crippen LogP contribution in [0.1, 0.15) is 18.4 Å². The molecule has 2 rings (SSSR count). The molecule has 17 heavy (non-hydrogen) atoms. The molecule has 1 saturated heterocycles. The number of hydrogen-bond donors (Lipinski definition) is 1. The predicted molar refractivity (Wildman–Crippen MR) is 71.5 cm³/mol. The minimum Gasteiger partial charge on any atom is -0.299 e. The first-order chi connectivity index (χ1) is 8.05. The van der Waals surface area contributed by atoms with Gasteiger partial charge in [0.15, 0.2) is 0 Å². The quantitative estimate of drug-likeness (QED) is 0.897. The van der Waals surface area contributed by atoms with Gasteiger partial charge >= 0.3 is 0 Å². The van der Waals surface area contributed by atoms with Crippen LogP contribution in [0.25, 0.3) is 0 Å². The molecule has 0 aliphatic carbocycles. The first kappa shape index (κ1) is 12.6. The van der Waals surface area contributed by atoms with Gasteiger partial charge in [0, 0.05) is 27.8 Å². The Labute approximate surface area is 104 Å². The van der Waals surface area contributed by atoms with Crippen molar-refractivity contribution in [3.63, 3.8) is 0 Å². The summed E-state index contributed by atoms with van der Waals surface area (Å²) in [5.74, 6) is 0. The van der Waals surface area contributed by atoms with Crippen molar-refractivity contribution in [2.75, 3.05) is 19.3 Å². The Balaban J connectivity index is 1.88. The molecule has 1 fully saturated rings. The summed E-state index contributed by atoms with van der Waals surface area (Å²) in [6, 6.07) is 10.4. The molecule has 0 radical (unpaired) electrons. The first-order valence-corrected chi connectivity index (χ1v) is 8.07. The summed E-state index contributed by atoms with van der Waals surface area (Å²) < 4.78 is 19.3. The van der Waals surface area contributed by atoms with Crippen molar-refractivity contribution >= 4 is 9.73 Å². The van der Waals surface area contributed by atoms with Gasteiger partial charge in [-0.25, -0.2) is 4.21 Å². The number of benzene rings is 1. The van der Waals surface area contributed by atoms with Crippen LogP contribution >= 0.6 is 0 Å². The van der Waals surface area contributed by atoms with Crippen LogP contribution in [-0.4, -0.2) is 33.7 Å².